The Hall–Kier alpha value is -8.06. The fourth-order valence-electron chi connectivity index (χ4n) is 10.7. The molecule has 1 unspecified atom stereocenters. The van der Waals surface area contributed by atoms with Gasteiger partial charge in [-0.1, -0.05) is 274 Å². The highest BCUT2D eigenvalue weighted by Gasteiger charge is 2.35. The number of aryl methyl sites for hydroxylation is 3. The minimum atomic E-state index is 0.0275. The van der Waals surface area contributed by atoms with Gasteiger partial charge in [0.25, 0.3) is 0 Å². The molecule has 0 heteroatoms. The maximum Gasteiger partial charge on any atom is 0.0159 e. The molecule has 0 heterocycles. The molecule has 0 bridgehead atoms. The van der Waals surface area contributed by atoms with E-state index in [1.165, 1.54) is 122 Å². The van der Waals surface area contributed by atoms with E-state index in [0.29, 0.717) is 5.92 Å². The Morgan fingerprint density at radius 1 is 0.370 bits per heavy atom. The van der Waals surface area contributed by atoms with Crippen molar-refractivity contribution in [2.75, 3.05) is 0 Å². The summed E-state index contributed by atoms with van der Waals surface area (Å²) in [5, 5.41) is 0. The van der Waals surface area contributed by atoms with E-state index in [-0.39, 0.29) is 5.41 Å². The second-order valence-electron chi connectivity index (χ2n) is 20.7. The van der Waals surface area contributed by atoms with Crippen LogP contribution in [0.5, 0.6) is 0 Å². The van der Waals surface area contributed by atoms with E-state index >= 15 is 0 Å². The van der Waals surface area contributed by atoms with Crippen molar-refractivity contribution >= 4 is 0 Å². The maximum absolute atomic E-state index is 2.44. The fraction of sp³-hybridized carbons (Fsp3) is 0.151. The zero-order valence-electron chi connectivity index (χ0n) is 43.6. The van der Waals surface area contributed by atoms with E-state index in [1.807, 2.05) is 12.1 Å². The molecular weight excluding hydrogens is 877 g/mol. The van der Waals surface area contributed by atoms with Gasteiger partial charge >= 0.3 is 0 Å². The number of benzene rings is 10. The van der Waals surface area contributed by atoms with E-state index in [9.17, 15) is 0 Å². The Morgan fingerprint density at radius 3 is 1.26 bits per heavy atom. The third-order valence-corrected chi connectivity index (χ3v) is 15.1. The quantitative estimate of drug-likeness (QED) is 0.133. The largest absolute Gasteiger partial charge is 0.0916 e. The summed E-state index contributed by atoms with van der Waals surface area (Å²) >= 11 is 0. The van der Waals surface area contributed by atoms with E-state index in [1.54, 1.807) is 0 Å². The zero-order valence-corrected chi connectivity index (χ0v) is 43.6. The summed E-state index contributed by atoms with van der Waals surface area (Å²) in [7, 11) is 0. The average Bonchev–Trinajstić information content (AvgIpc) is 3.91. The summed E-state index contributed by atoms with van der Waals surface area (Å²) in [6, 6.07) is 84.0. The number of hydrogen-bond donors (Lipinski definition) is 0. The number of rotatable bonds is 8. The van der Waals surface area contributed by atoms with E-state index in [0.717, 1.165) is 12.8 Å². The van der Waals surface area contributed by atoms with Gasteiger partial charge in [0, 0.05) is 5.41 Å². The first-order valence-electron chi connectivity index (χ1n) is 26.1. The van der Waals surface area contributed by atoms with Crippen molar-refractivity contribution in [3.05, 3.63) is 287 Å². The van der Waals surface area contributed by atoms with E-state index < -0.39 is 0 Å². The van der Waals surface area contributed by atoms with Gasteiger partial charge in [0.05, 0.1) is 0 Å². The van der Waals surface area contributed by atoms with Crippen LogP contribution in [0.25, 0.3) is 77.9 Å². The minimum Gasteiger partial charge on any atom is -0.0916 e. The molecule has 2 aliphatic carbocycles. The molecule has 0 nitrogen and oxygen atoms in total. The number of allylic oxidation sites excluding steroid dienone is 2. The molecule has 0 fully saturated rings. The average molecular weight is 943 g/mol. The van der Waals surface area contributed by atoms with Gasteiger partial charge in [-0.05, 0) is 158 Å². The van der Waals surface area contributed by atoms with Crippen molar-refractivity contribution < 1.29 is 0 Å². The molecule has 0 N–H and O–H groups in total. The van der Waals surface area contributed by atoms with E-state index in [2.05, 4.69) is 279 Å². The lowest BCUT2D eigenvalue weighted by Crippen LogP contribution is -2.15. The molecule has 0 saturated carbocycles. The molecule has 0 spiro atoms. The normalized spacial score (nSPS) is 12.9. The smallest absolute Gasteiger partial charge is 0.0159 e. The molecule has 10 aromatic rings. The predicted octanol–water partition coefficient (Wildman–Crippen LogP) is 20.3. The van der Waals surface area contributed by atoms with Crippen LogP contribution >= 0.6 is 0 Å². The van der Waals surface area contributed by atoms with Crippen LogP contribution in [-0.4, -0.2) is 0 Å². The third-order valence-electron chi connectivity index (χ3n) is 15.1. The van der Waals surface area contributed by atoms with E-state index in [4.69, 9.17) is 0 Å². The summed E-state index contributed by atoms with van der Waals surface area (Å²) in [6.45, 7) is 15.6. The van der Waals surface area contributed by atoms with Crippen LogP contribution in [0.15, 0.2) is 243 Å². The van der Waals surface area contributed by atoms with Gasteiger partial charge in [-0.3, -0.25) is 0 Å². The zero-order chi connectivity index (χ0) is 50.5. The van der Waals surface area contributed by atoms with Crippen LogP contribution in [0.4, 0.5) is 0 Å². The van der Waals surface area contributed by atoms with Crippen molar-refractivity contribution in [3.63, 3.8) is 0 Å². The summed E-state index contributed by atoms with van der Waals surface area (Å²) in [6.07, 6.45) is 6.55. The SMILES string of the molecule is C/C=C\CC(C)c1ccc2c(c1)-c1ccc(-c3ccc4c(c3)C(C)(C)c3cc(C)ccc3-4)cc1C2.Cc1ccc(-c2ccc(-c3ccccc3)cc2)cc1.Cc1ccc(-c2ccc(-c3ccccc3)cc2)cc1. The molecule has 1 atom stereocenters. The molecule has 0 radical (unpaired) electrons. The first-order valence-corrected chi connectivity index (χ1v) is 26.1. The fourth-order valence-corrected chi connectivity index (χ4v) is 10.7. The molecule has 10 aromatic carbocycles. The van der Waals surface area contributed by atoms with Crippen LogP contribution in [0.1, 0.15) is 84.5 Å². The lowest BCUT2D eigenvalue weighted by atomic mass is 9.81. The van der Waals surface area contributed by atoms with Crippen molar-refractivity contribution in [2.24, 2.45) is 0 Å². The lowest BCUT2D eigenvalue weighted by molar-refractivity contribution is 0.660. The molecule has 2 aliphatic rings. The molecule has 0 amide bonds. The number of hydrogen-bond acceptors (Lipinski definition) is 0. The molecule has 73 heavy (non-hydrogen) atoms. The highest BCUT2D eigenvalue weighted by atomic mass is 14.4. The van der Waals surface area contributed by atoms with Crippen molar-refractivity contribution in [1.29, 1.82) is 0 Å². The molecule has 0 aliphatic heterocycles. The summed E-state index contributed by atoms with van der Waals surface area (Å²) in [5.74, 6) is 0.544. The summed E-state index contributed by atoms with van der Waals surface area (Å²) in [4.78, 5) is 0. The van der Waals surface area contributed by atoms with Crippen LogP contribution in [-0.2, 0) is 11.8 Å². The Bertz CT molecular complexity index is 3390. The Labute approximate surface area is 435 Å². The first-order chi connectivity index (χ1) is 35.5. The van der Waals surface area contributed by atoms with Crippen LogP contribution in [0.3, 0.4) is 0 Å². The van der Waals surface area contributed by atoms with Gasteiger partial charge < -0.3 is 0 Å². The van der Waals surface area contributed by atoms with Crippen LogP contribution < -0.4 is 0 Å². The summed E-state index contributed by atoms with van der Waals surface area (Å²) < 4.78 is 0. The Morgan fingerprint density at radius 2 is 0.767 bits per heavy atom. The standard InChI is InChI=1S/C35H34.2C19H16/c1-6-7-8-23(3)24-10-11-27-19-28-18-25(12-15-29(28)32(27)20-24)26-13-16-31-30-14-9-22(2)17-33(30)35(4,5)34(31)21-26;2*1-15-7-9-17(10-8-15)19-13-11-18(12-14-19)16-5-3-2-4-6-16/h6-7,9-18,20-21,23H,8,19H2,1-5H3;2*2-14H,1H3/b7-6-;;. The number of fused-ring (bicyclic) bond motifs is 6. The van der Waals surface area contributed by atoms with Crippen LogP contribution in [0, 0.1) is 20.8 Å². The second kappa shape index (κ2) is 21.3. The maximum atomic E-state index is 2.44. The summed E-state index contributed by atoms with van der Waals surface area (Å²) in [5.41, 5.74) is 29.6. The highest BCUT2D eigenvalue weighted by molar-refractivity contribution is 5.86. The van der Waals surface area contributed by atoms with Gasteiger partial charge in [-0.2, -0.15) is 0 Å². The minimum absolute atomic E-state index is 0.0275. The van der Waals surface area contributed by atoms with Gasteiger partial charge in [0.2, 0.25) is 0 Å². The lowest BCUT2D eigenvalue weighted by Gasteiger charge is -2.22. The topological polar surface area (TPSA) is 0 Å². The molecular formula is C73H66. The molecule has 0 saturated heterocycles. The Kier molecular flexibility index (Phi) is 14.2. The highest BCUT2D eigenvalue weighted by Crippen LogP contribution is 2.50. The third kappa shape index (κ3) is 10.6. The second-order valence-corrected chi connectivity index (χ2v) is 20.7. The van der Waals surface area contributed by atoms with Crippen molar-refractivity contribution in [3.8, 4) is 77.9 Å². The van der Waals surface area contributed by atoms with Gasteiger partial charge in [-0.25, -0.2) is 0 Å². The first kappa shape index (κ1) is 48.6. The van der Waals surface area contributed by atoms with Gasteiger partial charge in [0.15, 0.2) is 0 Å². The van der Waals surface area contributed by atoms with Gasteiger partial charge in [0.1, 0.15) is 0 Å². The van der Waals surface area contributed by atoms with Crippen molar-refractivity contribution in [1.82, 2.24) is 0 Å². The van der Waals surface area contributed by atoms with Crippen LogP contribution in [0.2, 0.25) is 0 Å². The monoisotopic (exact) mass is 943 g/mol. The van der Waals surface area contributed by atoms with Gasteiger partial charge in [-0.15, -0.1) is 0 Å². The van der Waals surface area contributed by atoms with Crippen molar-refractivity contribution in [2.45, 2.75) is 72.6 Å². The molecule has 12 rings (SSSR count). The Balaban J connectivity index is 0.000000136. The predicted molar refractivity (Wildman–Crippen MR) is 314 cm³/mol. The molecule has 0 aromatic heterocycles. The molecule has 358 valence electrons.